The molecular weight excluding hydrogens is 514 g/mol. The van der Waals surface area contributed by atoms with Crippen molar-refractivity contribution in [3.63, 3.8) is 0 Å². The molecule has 0 unspecified atom stereocenters. The molecule has 37 heavy (non-hydrogen) atoms. The molecule has 1 atom stereocenters. The van der Waals surface area contributed by atoms with E-state index in [4.69, 9.17) is 16.3 Å². The van der Waals surface area contributed by atoms with Gasteiger partial charge in [-0.1, -0.05) is 49.9 Å². The summed E-state index contributed by atoms with van der Waals surface area (Å²) in [6.45, 7) is 1.61. The van der Waals surface area contributed by atoms with Crippen molar-refractivity contribution in [3.05, 3.63) is 59.1 Å². The molecule has 2 amide bonds. The number of likely N-dealkylation sites (N-methyl/N-ethyl adjacent to an activating group) is 1. The molecule has 3 rings (SSSR count). The molecular formula is C27H36ClN3O5S. The van der Waals surface area contributed by atoms with Crippen LogP contribution in [0.25, 0.3) is 0 Å². The molecule has 0 saturated heterocycles. The van der Waals surface area contributed by atoms with E-state index in [9.17, 15) is 18.0 Å². The smallest absolute Gasteiger partial charge is 0.243 e. The van der Waals surface area contributed by atoms with E-state index in [1.807, 2.05) is 19.1 Å². The topological polar surface area (TPSA) is 96.0 Å². The van der Waals surface area contributed by atoms with E-state index in [1.54, 1.807) is 19.2 Å². The minimum atomic E-state index is -3.93. The van der Waals surface area contributed by atoms with Gasteiger partial charge in [-0.05, 0) is 61.2 Å². The van der Waals surface area contributed by atoms with Crippen LogP contribution in [0.3, 0.4) is 0 Å². The predicted molar refractivity (Wildman–Crippen MR) is 144 cm³/mol. The summed E-state index contributed by atoms with van der Waals surface area (Å²) in [6.07, 6.45) is 5.56. The average Bonchev–Trinajstić information content (AvgIpc) is 2.89. The summed E-state index contributed by atoms with van der Waals surface area (Å²) in [5.74, 6) is 0.0125. The Balaban J connectivity index is 1.83. The van der Waals surface area contributed by atoms with Crippen LogP contribution in [0.15, 0.2) is 53.4 Å². The number of nitrogens with zero attached hydrogens (tertiary/aromatic N) is 2. The maximum atomic E-state index is 13.6. The highest BCUT2D eigenvalue weighted by Crippen LogP contribution is 2.21. The number of rotatable bonds is 11. The van der Waals surface area contributed by atoms with Crippen molar-refractivity contribution in [2.75, 3.05) is 20.7 Å². The van der Waals surface area contributed by atoms with E-state index >= 15 is 0 Å². The maximum Gasteiger partial charge on any atom is 0.243 e. The largest absolute Gasteiger partial charge is 0.497 e. The third-order valence-corrected chi connectivity index (χ3v) is 8.80. The molecule has 0 aromatic heterocycles. The second-order valence-corrected chi connectivity index (χ2v) is 11.8. The van der Waals surface area contributed by atoms with Crippen molar-refractivity contribution in [1.82, 2.24) is 14.5 Å². The van der Waals surface area contributed by atoms with Gasteiger partial charge in [0.15, 0.2) is 0 Å². The highest BCUT2D eigenvalue weighted by atomic mass is 35.5. The molecule has 1 aliphatic carbocycles. The van der Waals surface area contributed by atoms with Crippen LogP contribution < -0.4 is 10.1 Å². The first-order valence-electron chi connectivity index (χ1n) is 12.6. The highest BCUT2D eigenvalue weighted by molar-refractivity contribution is 7.89. The number of benzene rings is 2. The lowest BCUT2D eigenvalue weighted by Crippen LogP contribution is -2.53. The van der Waals surface area contributed by atoms with Crippen LogP contribution in [0.2, 0.25) is 5.02 Å². The molecule has 1 aliphatic rings. The van der Waals surface area contributed by atoms with Gasteiger partial charge in [-0.3, -0.25) is 9.59 Å². The van der Waals surface area contributed by atoms with Crippen LogP contribution in [-0.4, -0.2) is 62.2 Å². The van der Waals surface area contributed by atoms with E-state index in [2.05, 4.69) is 5.32 Å². The summed E-state index contributed by atoms with van der Waals surface area (Å²) in [4.78, 5) is 28.5. The first kappa shape index (κ1) is 28.9. The Kier molecular flexibility index (Phi) is 10.4. The molecule has 0 aliphatic heterocycles. The number of amides is 2. The first-order valence-corrected chi connectivity index (χ1v) is 14.4. The van der Waals surface area contributed by atoms with Crippen molar-refractivity contribution in [2.45, 2.75) is 69.0 Å². The highest BCUT2D eigenvalue weighted by Gasteiger charge is 2.32. The van der Waals surface area contributed by atoms with Crippen molar-refractivity contribution in [1.29, 1.82) is 0 Å². The fourth-order valence-electron chi connectivity index (χ4n) is 4.54. The number of hydrogen-bond donors (Lipinski definition) is 1. The van der Waals surface area contributed by atoms with Gasteiger partial charge >= 0.3 is 0 Å². The Morgan fingerprint density at radius 1 is 1.05 bits per heavy atom. The average molecular weight is 550 g/mol. The number of methoxy groups -OCH3 is 1. The van der Waals surface area contributed by atoms with Crippen LogP contribution in [-0.2, 0) is 26.2 Å². The van der Waals surface area contributed by atoms with Crippen molar-refractivity contribution < 1.29 is 22.7 Å². The minimum Gasteiger partial charge on any atom is -0.497 e. The fourth-order valence-corrected chi connectivity index (χ4v) is 5.79. The van der Waals surface area contributed by atoms with Crippen LogP contribution in [0.1, 0.15) is 51.0 Å². The summed E-state index contributed by atoms with van der Waals surface area (Å²) in [5.41, 5.74) is 0.807. The number of ether oxygens (including phenoxy) is 1. The summed E-state index contributed by atoms with van der Waals surface area (Å²) < 4.78 is 32.4. The summed E-state index contributed by atoms with van der Waals surface area (Å²) >= 11 is 5.90. The van der Waals surface area contributed by atoms with Gasteiger partial charge in [0.1, 0.15) is 11.8 Å². The SMILES string of the molecule is CC[C@H](C(=O)NC1CCCCC1)N(Cc1ccc(OC)cc1)C(=O)CN(C)S(=O)(=O)c1ccc(Cl)cc1. The first-order chi connectivity index (χ1) is 17.6. The Labute approximate surface area is 225 Å². The fraction of sp³-hybridized carbons (Fsp3) is 0.481. The Morgan fingerprint density at radius 3 is 2.24 bits per heavy atom. The van der Waals surface area contributed by atoms with Crippen LogP contribution >= 0.6 is 11.6 Å². The minimum absolute atomic E-state index is 0.0380. The van der Waals surface area contributed by atoms with Gasteiger partial charge in [0.25, 0.3) is 0 Å². The lowest BCUT2D eigenvalue weighted by Gasteiger charge is -2.33. The third-order valence-electron chi connectivity index (χ3n) is 6.73. The van der Waals surface area contributed by atoms with Crippen LogP contribution in [0.4, 0.5) is 0 Å². The molecule has 2 aromatic rings. The second-order valence-electron chi connectivity index (χ2n) is 9.35. The van der Waals surface area contributed by atoms with Gasteiger partial charge in [-0.15, -0.1) is 0 Å². The van der Waals surface area contributed by atoms with E-state index in [1.165, 1.54) is 42.6 Å². The zero-order valence-corrected chi connectivity index (χ0v) is 23.2. The van der Waals surface area contributed by atoms with Gasteiger partial charge in [0.2, 0.25) is 21.8 Å². The van der Waals surface area contributed by atoms with E-state index in [0.717, 1.165) is 35.6 Å². The zero-order chi connectivity index (χ0) is 27.0. The molecule has 0 spiro atoms. The quantitative estimate of drug-likeness (QED) is 0.452. The van der Waals surface area contributed by atoms with E-state index in [0.29, 0.717) is 17.2 Å². The normalized spacial score (nSPS) is 15.3. The van der Waals surface area contributed by atoms with Gasteiger partial charge < -0.3 is 15.0 Å². The number of nitrogens with one attached hydrogen (secondary N) is 1. The molecule has 1 fully saturated rings. The lowest BCUT2D eigenvalue weighted by molar-refractivity contribution is -0.141. The van der Waals surface area contributed by atoms with Crippen molar-refractivity contribution >= 4 is 33.4 Å². The van der Waals surface area contributed by atoms with E-state index < -0.39 is 28.5 Å². The van der Waals surface area contributed by atoms with Gasteiger partial charge in [-0.2, -0.15) is 4.31 Å². The molecule has 202 valence electrons. The number of carbonyl (C=O) groups excluding carboxylic acids is 2. The molecule has 0 radical (unpaired) electrons. The maximum absolute atomic E-state index is 13.6. The van der Waals surface area contributed by atoms with Crippen molar-refractivity contribution in [3.8, 4) is 5.75 Å². The third kappa shape index (κ3) is 7.69. The Bertz CT molecular complexity index is 1150. The molecule has 0 heterocycles. The molecule has 2 aromatic carbocycles. The van der Waals surface area contributed by atoms with Gasteiger partial charge in [0.05, 0.1) is 18.6 Å². The second kappa shape index (κ2) is 13.3. The molecule has 1 N–H and O–H groups in total. The number of carbonyl (C=O) groups is 2. The predicted octanol–water partition coefficient (Wildman–Crippen LogP) is 4.23. The lowest BCUT2D eigenvalue weighted by atomic mass is 9.95. The monoisotopic (exact) mass is 549 g/mol. The van der Waals surface area contributed by atoms with Gasteiger partial charge in [0, 0.05) is 24.7 Å². The number of hydrogen-bond acceptors (Lipinski definition) is 5. The van der Waals surface area contributed by atoms with Crippen LogP contribution in [0, 0.1) is 0 Å². The summed E-state index contributed by atoms with van der Waals surface area (Å²) in [6, 6.07) is 12.4. The van der Waals surface area contributed by atoms with Crippen molar-refractivity contribution in [2.24, 2.45) is 0 Å². The molecule has 1 saturated carbocycles. The zero-order valence-electron chi connectivity index (χ0n) is 21.7. The molecule has 0 bridgehead atoms. The van der Waals surface area contributed by atoms with Gasteiger partial charge in [-0.25, -0.2) is 8.42 Å². The molecule has 8 nitrogen and oxygen atoms in total. The summed E-state index contributed by atoms with van der Waals surface area (Å²) in [7, 11) is -1.000. The number of halogens is 1. The van der Waals surface area contributed by atoms with E-state index in [-0.39, 0.29) is 23.4 Å². The summed E-state index contributed by atoms with van der Waals surface area (Å²) in [5, 5.41) is 3.54. The Morgan fingerprint density at radius 2 is 1.68 bits per heavy atom. The van der Waals surface area contributed by atoms with Crippen LogP contribution in [0.5, 0.6) is 5.75 Å². The Hall–Kier alpha value is -2.62. The number of sulfonamides is 1. The molecule has 10 heteroatoms. The standard InChI is InChI=1S/C27H36ClN3O5S/c1-4-25(27(33)29-22-8-6-5-7-9-22)31(18-20-10-14-23(36-3)15-11-20)26(32)19-30(2)37(34,35)24-16-12-21(28)13-17-24/h10-17,22,25H,4-9,18-19H2,1-3H3,(H,29,33)/t25-/m1/s1.